The van der Waals surface area contributed by atoms with Gasteiger partial charge in [0, 0.05) is 178 Å². The van der Waals surface area contributed by atoms with Gasteiger partial charge in [-0.25, -0.2) is 54.1 Å². The van der Waals surface area contributed by atoms with Gasteiger partial charge in [0.2, 0.25) is 23.8 Å². The number of pyridine rings is 5. The summed E-state index contributed by atoms with van der Waals surface area (Å²) in [5.41, 5.74) is 11.8. The fourth-order valence-electron chi connectivity index (χ4n) is 17.0. The van der Waals surface area contributed by atoms with E-state index < -0.39 is 0 Å². The molecule has 44 heteroatoms. The first-order valence-corrected chi connectivity index (χ1v) is 49.1. The Morgan fingerprint density at radius 1 is 0.375 bits per heavy atom. The van der Waals surface area contributed by atoms with E-state index in [-0.39, 0.29) is 40.4 Å². The van der Waals surface area contributed by atoms with Crippen LogP contribution in [0.15, 0.2) is 171 Å². The number of hydrogen-bond acceptors (Lipinski definition) is 36. The van der Waals surface area contributed by atoms with Crippen molar-refractivity contribution in [3.8, 4) is 24.3 Å². The Bertz CT molecular complexity index is 7120. The first-order valence-electron chi connectivity index (χ1n) is 47.6. The molecule has 40 nitrogen and oxygen atoms in total. The van der Waals surface area contributed by atoms with Crippen molar-refractivity contribution >= 4 is 167 Å². The Labute approximate surface area is 852 Å². The number of piperidine rings is 4. The summed E-state index contributed by atoms with van der Waals surface area (Å²) in [6, 6.07) is 41.2. The minimum absolute atomic E-state index is 0.000205. The number of imidazole rings is 2. The first-order chi connectivity index (χ1) is 69.5. The third-order valence-corrected chi connectivity index (χ3v) is 25.6. The third kappa shape index (κ3) is 25.3. The summed E-state index contributed by atoms with van der Waals surface area (Å²) in [5.74, 6) is 8.38. The van der Waals surface area contributed by atoms with Crippen molar-refractivity contribution in [1.82, 2.24) is 119 Å². The molecule has 0 bridgehead atoms. The molecule has 736 valence electrons. The van der Waals surface area contributed by atoms with Gasteiger partial charge in [-0.15, -0.1) is 25.5 Å². The Balaban J connectivity index is 0.000000132. The summed E-state index contributed by atoms with van der Waals surface area (Å²) < 4.78 is 7.87. The topological polar surface area (TPSA) is 480 Å². The van der Waals surface area contributed by atoms with Crippen LogP contribution in [0.1, 0.15) is 167 Å². The van der Waals surface area contributed by atoms with Crippen LogP contribution in [0, 0.1) is 50.7 Å². The van der Waals surface area contributed by atoms with Crippen LogP contribution in [-0.4, -0.2) is 195 Å². The number of rotatable bonds is 23. The molecule has 144 heavy (non-hydrogen) atoms. The van der Waals surface area contributed by atoms with Crippen LogP contribution >= 0.6 is 46.4 Å². The minimum Gasteiger partial charge on any atom is -0.366 e. The van der Waals surface area contributed by atoms with Crippen LogP contribution in [0.25, 0.3) is 28.0 Å². The highest BCUT2D eigenvalue weighted by Gasteiger charge is 2.30. The molecular formula is C100H108Cl4N40. The zero-order valence-corrected chi connectivity index (χ0v) is 84.3. The van der Waals surface area contributed by atoms with Crippen LogP contribution in [-0.2, 0) is 23.8 Å². The number of aromatic nitrogens is 24. The van der Waals surface area contributed by atoms with E-state index in [4.69, 9.17) is 67.5 Å². The molecule has 4 saturated heterocycles. The summed E-state index contributed by atoms with van der Waals surface area (Å²) in [7, 11) is 0. The smallest absolute Gasteiger partial charge is 0.229 e. The molecule has 19 heterocycles. The Morgan fingerprint density at radius 2 is 0.757 bits per heavy atom. The van der Waals surface area contributed by atoms with Gasteiger partial charge in [0.15, 0.2) is 57.8 Å². The first kappa shape index (κ1) is 99.7. The van der Waals surface area contributed by atoms with Crippen molar-refractivity contribution in [2.45, 2.75) is 175 Å². The summed E-state index contributed by atoms with van der Waals surface area (Å²) in [5, 5.41) is 93.8. The molecule has 0 amide bonds. The highest BCUT2D eigenvalue weighted by molar-refractivity contribution is 6.34. The maximum atomic E-state index is 8.97. The maximum Gasteiger partial charge on any atom is 0.229 e. The fourth-order valence-corrected chi connectivity index (χ4v) is 17.6. The second-order valence-electron chi connectivity index (χ2n) is 38.6. The van der Waals surface area contributed by atoms with Crippen molar-refractivity contribution in [3.05, 3.63) is 231 Å². The van der Waals surface area contributed by atoms with Gasteiger partial charge in [-0.2, -0.15) is 46.1 Å². The second kappa shape index (κ2) is 44.5. The summed E-state index contributed by atoms with van der Waals surface area (Å²) >= 11 is 25.6. The normalized spacial score (nSPS) is 14.5. The van der Waals surface area contributed by atoms with E-state index in [2.05, 4.69) is 253 Å². The van der Waals surface area contributed by atoms with Crippen LogP contribution in [0.2, 0.25) is 20.1 Å². The van der Waals surface area contributed by atoms with Gasteiger partial charge < -0.3 is 70.9 Å². The van der Waals surface area contributed by atoms with Gasteiger partial charge in [-0.05, 0) is 154 Å². The van der Waals surface area contributed by atoms with E-state index >= 15 is 0 Å². The predicted octanol–water partition coefficient (Wildman–Crippen LogP) is 18.4. The zero-order valence-electron chi connectivity index (χ0n) is 81.2. The number of nitriles is 4. The quantitative estimate of drug-likeness (QED) is 0.0295. The molecule has 0 unspecified atom stereocenters. The lowest BCUT2D eigenvalue weighted by molar-refractivity contribution is 0.401. The summed E-state index contributed by atoms with van der Waals surface area (Å²) in [6.45, 7) is 29.1. The zero-order chi connectivity index (χ0) is 101. The molecule has 20 rings (SSSR count). The van der Waals surface area contributed by atoms with E-state index in [0.29, 0.717) is 89.7 Å². The lowest BCUT2D eigenvalue weighted by Gasteiger charge is -2.33. The Morgan fingerprint density at radius 3 is 1.11 bits per heavy atom. The van der Waals surface area contributed by atoms with Crippen molar-refractivity contribution < 1.29 is 0 Å². The largest absolute Gasteiger partial charge is 0.366 e. The number of nitrogens with zero attached hydrogens (tertiary/aromatic N) is 32. The predicted molar refractivity (Wildman–Crippen MR) is 560 cm³/mol. The van der Waals surface area contributed by atoms with Crippen LogP contribution < -0.4 is 62.1 Å². The third-order valence-electron chi connectivity index (χ3n) is 24.5. The maximum absolute atomic E-state index is 8.97. The van der Waals surface area contributed by atoms with Gasteiger partial charge in [0.1, 0.15) is 72.8 Å². The number of aryl methyl sites for hydroxylation is 1. The molecule has 0 spiro atoms. The molecule has 0 atom stereocenters. The van der Waals surface area contributed by atoms with E-state index in [1.54, 1.807) is 66.0 Å². The molecule has 1 aromatic carbocycles. The number of fused-ring (bicyclic) bond motifs is 4. The van der Waals surface area contributed by atoms with E-state index in [1.807, 2.05) is 127 Å². The lowest BCUT2D eigenvalue weighted by atomic mass is 9.92. The number of benzene rings is 1. The number of hydrogen-bond donors (Lipinski definition) is 8. The van der Waals surface area contributed by atoms with Gasteiger partial charge in [-0.3, -0.25) is 0 Å². The van der Waals surface area contributed by atoms with Crippen LogP contribution in [0.4, 0.5) is 93.1 Å². The van der Waals surface area contributed by atoms with Gasteiger partial charge in [0.25, 0.3) is 0 Å². The molecule has 0 aliphatic carbocycles. The fraction of sp³-hybridized carbons (Fsp3) is 0.360. The van der Waals surface area contributed by atoms with Gasteiger partial charge >= 0.3 is 0 Å². The molecular weight excluding hydrogens is 1900 g/mol. The van der Waals surface area contributed by atoms with Crippen molar-refractivity contribution in [2.24, 2.45) is 5.41 Å². The van der Waals surface area contributed by atoms with Crippen LogP contribution in [0.3, 0.4) is 0 Å². The Kier molecular flexibility index (Phi) is 30.8. The standard InChI is InChI=1S/C26H29ClN10.C26H28ClN9.C25H27ClN10.C23H24ClN11/c1-26(2,3)12-21-33-23-7-5-19(16-37(23)35-21)32-25-30-15-20(27)24(34-25)31-18-8-10-36(11-9-18)22-6-4-17(13-28)14-29-22;1-26(2,3)21-16-30-23-12-19(8-11-36(21)23)33-25-31-15-20(27)24(34-25)32-18-6-9-35(10-7-18)22-5-4-17(13-28)14-29-22;1-25(2,3)20-15-28-22-12-17(8-11-36(20)22)31-24-29-14-19(26)23(32-24)30-16-6-9-35(10-7-16)21-5-4-18(13-27)33-34-21;1-2-9-35-20-5-3-16(12-19(20)31-33-35)28-23-26-14-18(24)22(29-23)27-15-7-10-34(11-8-15)21-6-4-17(13-25)30-32-21/h4-7,14-16,18H,8-12H2,1-3H3,(H2,30,31,32,34);4-5,8,11-12,14-16,18H,6-7,9-10H2,1-3H3,(H2,31,32,33,34);4-5,8,11-12,14-16H,6-7,9-10H2,1-3H3,(H2,29,30,31,32);3-6,12,14-15H,2,7-11H2,1H3,(H2,26,27,28,29). The average molecular weight is 2010 g/mol. The van der Waals surface area contributed by atoms with E-state index in [9.17, 15) is 0 Å². The van der Waals surface area contributed by atoms with E-state index in [0.717, 1.165) is 214 Å². The van der Waals surface area contributed by atoms with Crippen LogP contribution in [0.5, 0.6) is 0 Å². The highest BCUT2D eigenvalue weighted by atomic mass is 35.5. The number of nitrogens with one attached hydrogen (secondary N) is 8. The number of anilines is 16. The molecule has 15 aromatic heterocycles. The summed E-state index contributed by atoms with van der Waals surface area (Å²) in [6.07, 6.45) is 28.3. The number of halogens is 4. The van der Waals surface area contributed by atoms with Gasteiger partial charge in [-0.1, -0.05) is 121 Å². The van der Waals surface area contributed by atoms with Crippen molar-refractivity contribution in [2.75, 3.05) is 114 Å². The highest BCUT2D eigenvalue weighted by Crippen LogP contribution is 2.36. The average Bonchev–Trinajstić information content (AvgIpc) is 1.64. The lowest BCUT2D eigenvalue weighted by Crippen LogP contribution is -2.39. The molecule has 0 radical (unpaired) electrons. The molecule has 0 saturated carbocycles. The van der Waals surface area contributed by atoms with E-state index in [1.165, 1.54) is 0 Å². The SMILES string of the molecule is CC(C)(C)Cc1nc2ccc(Nc3ncc(Cl)c(NC4CCN(c5ccc(C#N)cn5)CC4)n3)cn2n1.CC(C)(C)c1cnc2cc(Nc3ncc(Cl)c(NC4CCN(c5ccc(C#N)cn5)CC4)n3)ccn12.CC(C)(C)c1cnc2cc(Nc3ncc(Cl)c(NC4CCN(c5ccc(C#N)nn5)CC4)n3)ccn12.CCCn1nnc2cc(Nc3ncc(Cl)c(NC4CCN(c5ccc(C#N)nn5)CC4)n3)ccc21. The van der Waals surface area contributed by atoms with Gasteiger partial charge in [0.05, 0.1) is 53.3 Å². The Hall–Kier alpha value is -15.9. The molecule has 4 fully saturated rings. The summed E-state index contributed by atoms with van der Waals surface area (Å²) in [4.78, 5) is 67.2. The molecule has 8 N–H and O–H groups in total. The second-order valence-corrected chi connectivity index (χ2v) is 40.2. The molecule has 4 aliphatic heterocycles. The van der Waals surface area contributed by atoms with Crippen molar-refractivity contribution in [1.29, 1.82) is 21.0 Å². The van der Waals surface area contributed by atoms with Crippen molar-refractivity contribution in [3.63, 3.8) is 0 Å². The molecule has 16 aromatic rings. The minimum atomic E-state index is -0.000205. The monoisotopic (exact) mass is 2010 g/mol. The molecule has 4 aliphatic rings.